The molecule has 0 amide bonds. The van der Waals surface area contributed by atoms with Crippen molar-refractivity contribution in [3.05, 3.63) is 0 Å². The van der Waals surface area contributed by atoms with Crippen LogP contribution in [0.4, 0.5) is 0 Å². The molecule has 0 rings (SSSR count). The van der Waals surface area contributed by atoms with E-state index in [0.717, 1.165) is 7.85 Å². The number of halogens is 4. The second-order valence-electron chi connectivity index (χ2n) is 2.34. The van der Waals surface area contributed by atoms with Gasteiger partial charge in [0.1, 0.15) is 0 Å². The van der Waals surface area contributed by atoms with E-state index in [0.29, 0.717) is 0 Å². The van der Waals surface area contributed by atoms with Crippen LogP contribution >= 0.6 is 90.4 Å². The van der Waals surface area contributed by atoms with Gasteiger partial charge in [0.2, 0.25) is 0 Å². The largest absolute Gasteiger partial charge is 0.0864 e. The van der Waals surface area contributed by atoms with E-state index in [1.54, 1.807) is 0 Å². The van der Waals surface area contributed by atoms with Gasteiger partial charge in [0.05, 0.1) is 0 Å². The van der Waals surface area contributed by atoms with E-state index in [1.165, 1.54) is 28.1 Å². The predicted octanol–water partition coefficient (Wildman–Crippen LogP) is 4.63. The molecule has 0 aliphatic rings. The van der Waals surface area contributed by atoms with E-state index in [4.69, 9.17) is 0 Å². The second-order valence-corrected chi connectivity index (χ2v) is 7.70. The third-order valence-corrected chi connectivity index (χ3v) is 7.13. The summed E-state index contributed by atoms with van der Waals surface area (Å²) in [4.78, 5) is 0. The van der Waals surface area contributed by atoms with Gasteiger partial charge >= 0.3 is 0 Å². The lowest BCUT2D eigenvalue weighted by molar-refractivity contribution is 0.736. The first kappa shape index (κ1) is 13.9. The molecule has 4 heteroatoms. The smallest absolute Gasteiger partial charge is 0.0235 e. The minimum Gasteiger partial charge on any atom is -0.0864 e. The molecule has 0 radical (unpaired) electrons. The minimum absolute atomic E-state index is 0.882. The maximum Gasteiger partial charge on any atom is 0.0235 e. The first-order chi connectivity index (χ1) is 5.22. The standard InChI is InChI=1S/C7H12I4/c8-4-1-2-6(10)7(11)3-5-9/h6-7H,1-5H2. The molecule has 0 saturated carbocycles. The minimum atomic E-state index is 0.882. The van der Waals surface area contributed by atoms with E-state index in [9.17, 15) is 0 Å². The lowest BCUT2D eigenvalue weighted by Gasteiger charge is -2.14. The quantitative estimate of drug-likeness (QED) is 0.307. The fourth-order valence-electron chi connectivity index (χ4n) is 0.738. The molecule has 0 nitrogen and oxygen atoms in total. The summed E-state index contributed by atoms with van der Waals surface area (Å²) in [6.45, 7) is 0. The Balaban J connectivity index is 3.38. The lowest BCUT2D eigenvalue weighted by Crippen LogP contribution is -2.14. The molecule has 0 bridgehead atoms. The Hall–Kier alpha value is 2.92. The predicted molar refractivity (Wildman–Crippen MR) is 87.2 cm³/mol. The molecule has 0 N–H and O–H groups in total. The van der Waals surface area contributed by atoms with Gasteiger partial charge < -0.3 is 0 Å². The summed E-state index contributed by atoms with van der Waals surface area (Å²) in [7, 11) is 0. The van der Waals surface area contributed by atoms with Gasteiger partial charge in [-0.2, -0.15) is 0 Å². The third kappa shape index (κ3) is 7.95. The van der Waals surface area contributed by atoms with Gasteiger partial charge in [0, 0.05) is 12.3 Å². The van der Waals surface area contributed by atoms with E-state index < -0.39 is 0 Å². The molecule has 0 saturated heterocycles. The van der Waals surface area contributed by atoms with Gasteiger partial charge in [-0.25, -0.2) is 0 Å². The van der Waals surface area contributed by atoms with Crippen LogP contribution in [0, 0.1) is 0 Å². The molecule has 0 aliphatic heterocycles. The van der Waals surface area contributed by atoms with Crippen molar-refractivity contribution in [1.29, 1.82) is 0 Å². The first-order valence-corrected chi connectivity index (χ1v) is 9.16. The van der Waals surface area contributed by atoms with Crippen molar-refractivity contribution in [2.75, 3.05) is 8.86 Å². The normalized spacial score (nSPS) is 16.4. The fraction of sp³-hybridized carbons (Fsp3) is 1.00. The zero-order valence-corrected chi connectivity index (χ0v) is 14.8. The molecule has 68 valence electrons. The number of rotatable bonds is 6. The molecule has 11 heavy (non-hydrogen) atoms. The molecule has 0 fully saturated rings. The van der Waals surface area contributed by atoms with Gasteiger partial charge in [-0.05, 0) is 23.7 Å². The van der Waals surface area contributed by atoms with Crippen molar-refractivity contribution in [3.63, 3.8) is 0 Å². The number of hydrogen-bond acceptors (Lipinski definition) is 0. The van der Waals surface area contributed by atoms with Gasteiger partial charge in [-0.3, -0.25) is 0 Å². The Morgan fingerprint density at radius 1 is 0.818 bits per heavy atom. The summed E-state index contributed by atoms with van der Waals surface area (Å²) in [6.07, 6.45) is 4.15. The molecule has 0 aliphatic carbocycles. The van der Waals surface area contributed by atoms with E-state index in [1.807, 2.05) is 0 Å². The molecule has 2 unspecified atom stereocenters. The van der Waals surface area contributed by atoms with Gasteiger partial charge in [0.25, 0.3) is 0 Å². The highest BCUT2D eigenvalue weighted by Gasteiger charge is 2.13. The highest BCUT2D eigenvalue weighted by atomic mass is 127. The summed E-state index contributed by atoms with van der Waals surface area (Å²) in [5.41, 5.74) is 0. The maximum atomic E-state index is 2.60. The molecule has 0 aromatic heterocycles. The Kier molecular flexibility index (Phi) is 12.0. The SMILES string of the molecule is ICCCC(I)C(I)CCI. The summed E-state index contributed by atoms with van der Waals surface area (Å²) in [5, 5.41) is 0. The molecule has 0 spiro atoms. The van der Waals surface area contributed by atoms with Crippen LogP contribution in [0.3, 0.4) is 0 Å². The maximum absolute atomic E-state index is 2.60. The Morgan fingerprint density at radius 3 is 1.82 bits per heavy atom. The summed E-state index contributed by atoms with van der Waals surface area (Å²) in [5.74, 6) is 0. The average Bonchev–Trinajstić information content (AvgIpc) is 2.00. The van der Waals surface area contributed by atoms with Crippen LogP contribution in [0.1, 0.15) is 19.3 Å². The second kappa shape index (κ2) is 9.47. The van der Waals surface area contributed by atoms with Crippen LogP contribution in [-0.4, -0.2) is 16.7 Å². The summed E-state index contributed by atoms with van der Waals surface area (Å²) >= 11 is 10.1. The Bertz CT molecular complexity index is 86.5. The zero-order valence-electron chi connectivity index (χ0n) is 6.20. The average molecular weight is 604 g/mol. The van der Waals surface area contributed by atoms with Crippen LogP contribution in [0.25, 0.3) is 0 Å². The first-order valence-electron chi connectivity index (χ1n) is 3.62. The van der Waals surface area contributed by atoms with Crippen molar-refractivity contribution in [1.82, 2.24) is 0 Å². The van der Waals surface area contributed by atoms with Gasteiger partial charge in [0.15, 0.2) is 0 Å². The van der Waals surface area contributed by atoms with Crippen LogP contribution in [0.2, 0.25) is 0 Å². The molecular weight excluding hydrogens is 592 g/mol. The van der Waals surface area contributed by atoms with Gasteiger partial charge in [-0.1, -0.05) is 90.4 Å². The highest BCUT2D eigenvalue weighted by Crippen LogP contribution is 2.23. The van der Waals surface area contributed by atoms with Crippen molar-refractivity contribution < 1.29 is 0 Å². The summed E-state index contributed by atoms with van der Waals surface area (Å²) in [6, 6.07) is 0. The lowest BCUT2D eigenvalue weighted by atomic mass is 10.2. The molecular formula is C7H12I4. The topological polar surface area (TPSA) is 0 Å². The van der Waals surface area contributed by atoms with Crippen LogP contribution in [0.15, 0.2) is 0 Å². The van der Waals surface area contributed by atoms with Crippen molar-refractivity contribution in [2.24, 2.45) is 0 Å². The van der Waals surface area contributed by atoms with Crippen molar-refractivity contribution >= 4 is 90.4 Å². The summed E-state index contributed by atoms with van der Waals surface area (Å²) < 4.78 is 4.38. The third-order valence-electron chi connectivity index (χ3n) is 1.39. The van der Waals surface area contributed by atoms with Gasteiger partial charge in [-0.15, -0.1) is 0 Å². The van der Waals surface area contributed by atoms with E-state index in [2.05, 4.69) is 90.4 Å². The van der Waals surface area contributed by atoms with E-state index in [-0.39, 0.29) is 0 Å². The highest BCUT2D eigenvalue weighted by molar-refractivity contribution is 14.1. The molecule has 0 aromatic rings. The number of hydrogen-bond donors (Lipinski definition) is 0. The number of alkyl halides is 4. The Labute approximate surface area is 124 Å². The fourth-order valence-corrected chi connectivity index (χ4v) is 4.51. The Morgan fingerprint density at radius 2 is 1.36 bits per heavy atom. The van der Waals surface area contributed by atoms with Crippen molar-refractivity contribution in [3.8, 4) is 0 Å². The van der Waals surface area contributed by atoms with E-state index >= 15 is 0 Å². The zero-order chi connectivity index (χ0) is 8.69. The van der Waals surface area contributed by atoms with Crippen LogP contribution in [0.5, 0.6) is 0 Å². The molecule has 2 atom stereocenters. The van der Waals surface area contributed by atoms with Crippen molar-refractivity contribution in [2.45, 2.75) is 27.1 Å². The monoisotopic (exact) mass is 604 g/mol. The van der Waals surface area contributed by atoms with Crippen LogP contribution < -0.4 is 0 Å². The molecule has 0 aromatic carbocycles. The molecule has 0 heterocycles. The van der Waals surface area contributed by atoms with Crippen LogP contribution in [-0.2, 0) is 0 Å².